The van der Waals surface area contributed by atoms with E-state index in [1.165, 1.54) is 11.3 Å². The number of benzene rings is 1. The molecule has 4 aromatic rings. The van der Waals surface area contributed by atoms with E-state index < -0.39 is 5.97 Å². The van der Waals surface area contributed by atoms with Gasteiger partial charge in [-0.15, -0.1) is 11.3 Å². The highest BCUT2D eigenvalue weighted by Gasteiger charge is 2.20. The summed E-state index contributed by atoms with van der Waals surface area (Å²) >= 11 is 7.47. The monoisotopic (exact) mass is 466 g/mol. The molecule has 0 atom stereocenters. The Hall–Kier alpha value is -2.96. The number of thiophene rings is 1. The summed E-state index contributed by atoms with van der Waals surface area (Å²) in [6.45, 7) is 6.54. The molecule has 4 rings (SSSR count). The summed E-state index contributed by atoms with van der Waals surface area (Å²) < 4.78 is 8.22. The van der Waals surface area contributed by atoms with Gasteiger partial charge < -0.3 is 9.30 Å². The van der Waals surface area contributed by atoms with Gasteiger partial charge >= 0.3 is 5.97 Å². The van der Waals surface area contributed by atoms with Gasteiger partial charge in [-0.2, -0.15) is 0 Å². The Balaban J connectivity index is 1.60. The van der Waals surface area contributed by atoms with Crippen LogP contribution in [0.5, 0.6) is 0 Å². The lowest BCUT2D eigenvalue weighted by atomic mass is 10.1. The third-order valence-corrected chi connectivity index (χ3v) is 6.67. The van der Waals surface area contributed by atoms with Gasteiger partial charge in [-0.3, -0.25) is 4.79 Å². The fourth-order valence-corrected chi connectivity index (χ4v) is 4.86. The minimum Gasteiger partial charge on any atom is -0.454 e. The number of hydrogen-bond acceptors (Lipinski definition) is 5. The van der Waals surface area contributed by atoms with Crippen LogP contribution >= 0.6 is 22.9 Å². The molecule has 32 heavy (non-hydrogen) atoms. The van der Waals surface area contributed by atoms with Crippen molar-refractivity contribution in [3.8, 4) is 10.6 Å². The van der Waals surface area contributed by atoms with Crippen LogP contribution in [0.2, 0.25) is 4.34 Å². The van der Waals surface area contributed by atoms with Crippen molar-refractivity contribution < 1.29 is 14.3 Å². The van der Waals surface area contributed by atoms with Gasteiger partial charge in [0.2, 0.25) is 5.78 Å². The third kappa shape index (κ3) is 4.33. The van der Waals surface area contributed by atoms with Crippen LogP contribution in [0, 0.1) is 13.8 Å². The van der Waals surface area contributed by atoms with E-state index in [1.807, 2.05) is 50.2 Å². The Morgan fingerprint density at radius 1 is 1.09 bits per heavy atom. The van der Waals surface area contributed by atoms with Crippen LogP contribution in [0.25, 0.3) is 21.5 Å². The van der Waals surface area contributed by atoms with E-state index in [4.69, 9.17) is 16.3 Å². The number of halogens is 1. The van der Waals surface area contributed by atoms with E-state index in [2.05, 4.69) is 16.5 Å². The summed E-state index contributed by atoms with van der Waals surface area (Å²) in [5.74, 6) is -0.763. The van der Waals surface area contributed by atoms with Gasteiger partial charge in [0, 0.05) is 28.9 Å². The Morgan fingerprint density at radius 3 is 2.59 bits per heavy atom. The Bertz CT molecular complexity index is 1320. The lowest BCUT2D eigenvalue weighted by Crippen LogP contribution is -2.15. The van der Waals surface area contributed by atoms with E-state index in [9.17, 15) is 9.59 Å². The third-order valence-electron chi connectivity index (χ3n) is 5.42. The van der Waals surface area contributed by atoms with Crippen molar-refractivity contribution in [2.24, 2.45) is 0 Å². The molecule has 0 aliphatic carbocycles. The van der Waals surface area contributed by atoms with Crippen molar-refractivity contribution in [2.45, 2.75) is 33.7 Å². The standard InChI is InChI=1S/C25H23ClN2O3S/c1-4-11-28-15(2)12-18(16(28)3)22(29)14-31-25(30)19-13-21(23-9-10-24(26)32-23)27-20-8-6-5-7-17(19)20/h5-10,12-13H,4,11,14H2,1-3H3. The highest BCUT2D eigenvalue weighted by Crippen LogP contribution is 2.32. The normalized spacial score (nSPS) is 11.1. The highest BCUT2D eigenvalue weighted by atomic mass is 35.5. The van der Waals surface area contributed by atoms with E-state index in [0.29, 0.717) is 32.1 Å². The number of rotatable bonds is 7. The summed E-state index contributed by atoms with van der Waals surface area (Å²) in [6, 6.07) is 14.6. The minimum atomic E-state index is -0.553. The SMILES string of the molecule is CCCn1c(C)cc(C(=O)COC(=O)c2cc(-c3ccc(Cl)s3)nc3ccccc23)c1C. The van der Waals surface area contributed by atoms with Crippen molar-refractivity contribution in [3.05, 3.63) is 75.4 Å². The van der Waals surface area contributed by atoms with E-state index in [-0.39, 0.29) is 12.4 Å². The van der Waals surface area contributed by atoms with Crippen LogP contribution in [0.1, 0.15) is 45.4 Å². The first-order valence-corrected chi connectivity index (χ1v) is 11.6. The van der Waals surface area contributed by atoms with Gasteiger partial charge in [-0.05, 0) is 50.6 Å². The molecule has 0 N–H and O–H groups in total. The molecule has 0 aliphatic heterocycles. The van der Waals surface area contributed by atoms with Crippen LogP contribution < -0.4 is 0 Å². The molecule has 7 heteroatoms. The Morgan fingerprint density at radius 2 is 1.88 bits per heavy atom. The molecule has 0 radical (unpaired) electrons. The van der Waals surface area contributed by atoms with Crippen LogP contribution in [0.4, 0.5) is 0 Å². The largest absolute Gasteiger partial charge is 0.454 e. The Labute approximate surface area is 195 Å². The van der Waals surface area contributed by atoms with E-state index >= 15 is 0 Å². The summed E-state index contributed by atoms with van der Waals surface area (Å²) in [6.07, 6.45) is 0.978. The topological polar surface area (TPSA) is 61.2 Å². The second kappa shape index (κ2) is 9.27. The number of carbonyl (C=O) groups is 2. The fraction of sp³-hybridized carbons (Fsp3) is 0.240. The maximum atomic E-state index is 13.0. The molecule has 0 unspecified atom stereocenters. The number of pyridine rings is 1. The van der Waals surface area contributed by atoms with E-state index in [0.717, 1.165) is 29.2 Å². The molecule has 0 bridgehead atoms. The average molecular weight is 467 g/mol. The molecular formula is C25H23ClN2O3S. The molecule has 0 spiro atoms. The van der Waals surface area contributed by atoms with Crippen LogP contribution in [-0.2, 0) is 11.3 Å². The maximum Gasteiger partial charge on any atom is 0.339 e. The zero-order valence-corrected chi connectivity index (χ0v) is 19.7. The van der Waals surface area contributed by atoms with Gasteiger partial charge in [0.1, 0.15) is 0 Å². The van der Waals surface area contributed by atoms with Crippen molar-refractivity contribution in [1.29, 1.82) is 0 Å². The first kappa shape index (κ1) is 22.2. The lowest BCUT2D eigenvalue weighted by Gasteiger charge is -2.10. The Kier molecular flexibility index (Phi) is 6.44. The minimum absolute atomic E-state index is 0.211. The number of ketones is 1. The van der Waals surface area contributed by atoms with Crippen LogP contribution in [-0.4, -0.2) is 27.9 Å². The number of nitrogens with zero attached hydrogens (tertiary/aromatic N) is 2. The first-order chi connectivity index (χ1) is 15.4. The molecule has 3 aromatic heterocycles. The number of carbonyl (C=O) groups excluding carboxylic acids is 2. The number of hydrogen-bond donors (Lipinski definition) is 0. The number of para-hydroxylation sites is 1. The smallest absolute Gasteiger partial charge is 0.339 e. The van der Waals surface area contributed by atoms with Crippen molar-refractivity contribution in [1.82, 2.24) is 9.55 Å². The molecular weight excluding hydrogens is 444 g/mol. The second-order valence-electron chi connectivity index (χ2n) is 7.61. The average Bonchev–Trinajstić information content (AvgIpc) is 3.35. The summed E-state index contributed by atoms with van der Waals surface area (Å²) in [4.78, 5) is 31.3. The number of Topliss-reactive ketones (excluding diaryl/α,β-unsaturated/α-hetero) is 1. The first-order valence-electron chi connectivity index (χ1n) is 10.4. The number of esters is 1. The number of fused-ring (bicyclic) bond motifs is 1. The van der Waals surface area contributed by atoms with Gasteiger partial charge in [0.05, 0.1) is 26.0 Å². The van der Waals surface area contributed by atoms with Gasteiger partial charge in [-0.1, -0.05) is 36.7 Å². The maximum absolute atomic E-state index is 13.0. The molecule has 3 heterocycles. The quantitative estimate of drug-likeness (QED) is 0.231. The molecule has 164 valence electrons. The zero-order chi connectivity index (χ0) is 22.8. The van der Waals surface area contributed by atoms with Crippen LogP contribution in [0.3, 0.4) is 0 Å². The summed E-state index contributed by atoms with van der Waals surface area (Å²) in [7, 11) is 0. The van der Waals surface area contributed by atoms with Gasteiger partial charge in [-0.25, -0.2) is 9.78 Å². The highest BCUT2D eigenvalue weighted by molar-refractivity contribution is 7.19. The second-order valence-corrected chi connectivity index (χ2v) is 9.33. The van der Waals surface area contributed by atoms with E-state index in [1.54, 1.807) is 12.1 Å². The van der Waals surface area contributed by atoms with Crippen molar-refractivity contribution in [3.63, 3.8) is 0 Å². The molecule has 0 saturated carbocycles. The molecule has 0 saturated heterocycles. The van der Waals surface area contributed by atoms with Crippen molar-refractivity contribution >= 4 is 45.6 Å². The number of ether oxygens (including phenoxy) is 1. The number of aryl methyl sites for hydroxylation is 1. The summed E-state index contributed by atoms with van der Waals surface area (Å²) in [5, 5.41) is 0.678. The predicted octanol–water partition coefficient (Wildman–Crippen LogP) is 6.48. The lowest BCUT2D eigenvalue weighted by molar-refractivity contribution is 0.0476. The summed E-state index contributed by atoms with van der Waals surface area (Å²) in [5.41, 5.74) is 4.21. The molecule has 0 fully saturated rings. The molecule has 1 aromatic carbocycles. The zero-order valence-electron chi connectivity index (χ0n) is 18.1. The number of aromatic nitrogens is 2. The fourth-order valence-electron chi connectivity index (χ4n) is 3.86. The predicted molar refractivity (Wildman–Crippen MR) is 129 cm³/mol. The van der Waals surface area contributed by atoms with Crippen LogP contribution in [0.15, 0.2) is 48.5 Å². The molecule has 0 aliphatic rings. The molecule has 0 amide bonds. The van der Waals surface area contributed by atoms with Gasteiger partial charge in [0.15, 0.2) is 6.61 Å². The molecule has 5 nitrogen and oxygen atoms in total. The van der Waals surface area contributed by atoms with Gasteiger partial charge in [0.25, 0.3) is 0 Å². The van der Waals surface area contributed by atoms with Crippen molar-refractivity contribution in [2.75, 3.05) is 6.61 Å².